The SMILES string of the molecule is C[C@@H](NC(=O)c1cn(C2CCOCC2)c(=O)c2cn(COCC[Si](C)(C)C)nc12)c1cccc(C(F)(F)CO)c1. The summed E-state index contributed by atoms with van der Waals surface area (Å²) >= 11 is 0. The van der Waals surface area contributed by atoms with E-state index in [1.807, 2.05) is 0 Å². The first kappa shape index (κ1) is 30.0. The van der Waals surface area contributed by atoms with E-state index in [9.17, 15) is 18.4 Å². The van der Waals surface area contributed by atoms with Gasteiger partial charge in [-0.1, -0.05) is 37.8 Å². The number of hydrogen-bond acceptors (Lipinski definition) is 6. The average Bonchev–Trinajstić information content (AvgIpc) is 3.36. The van der Waals surface area contributed by atoms with Crippen LogP contribution in [0.25, 0.3) is 10.9 Å². The fourth-order valence-corrected chi connectivity index (χ4v) is 5.42. The maximum Gasteiger partial charge on any atom is 0.295 e. The number of hydrogen-bond donors (Lipinski definition) is 2. The molecule has 0 saturated carbocycles. The molecule has 1 amide bonds. The molecular weight excluding hydrogens is 538 g/mol. The summed E-state index contributed by atoms with van der Waals surface area (Å²) in [6.45, 7) is 8.93. The molecule has 9 nitrogen and oxygen atoms in total. The van der Waals surface area contributed by atoms with E-state index in [-0.39, 0.29) is 35.0 Å². The van der Waals surface area contributed by atoms with Crippen molar-refractivity contribution in [3.05, 3.63) is 63.7 Å². The smallest absolute Gasteiger partial charge is 0.295 e. The molecule has 0 aliphatic carbocycles. The van der Waals surface area contributed by atoms with Crippen molar-refractivity contribution in [1.82, 2.24) is 19.7 Å². The van der Waals surface area contributed by atoms with Gasteiger partial charge in [0.2, 0.25) is 0 Å². The Bertz CT molecular complexity index is 1400. The van der Waals surface area contributed by atoms with Crippen LogP contribution in [0.5, 0.6) is 0 Å². The maximum atomic E-state index is 14.1. The van der Waals surface area contributed by atoms with Crippen molar-refractivity contribution in [3.8, 4) is 0 Å². The van der Waals surface area contributed by atoms with Gasteiger partial charge in [0.1, 0.15) is 18.9 Å². The molecule has 40 heavy (non-hydrogen) atoms. The molecule has 2 N–H and O–H groups in total. The lowest BCUT2D eigenvalue weighted by Crippen LogP contribution is -2.32. The second kappa shape index (κ2) is 12.3. The highest BCUT2D eigenvalue weighted by Crippen LogP contribution is 2.29. The lowest BCUT2D eigenvalue weighted by atomic mass is 10.0. The van der Waals surface area contributed by atoms with Crippen LogP contribution in [0.3, 0.4) is 0 Å². The summed E-state index contributed by atoms with van der Waals surface area (Å²) < 4.78 is 42.5. The van der Waals surface area contributed by atoms with Gasteiger partial charge in [-0.05, 0) is 37.4 Å². The molecule has 1 aromatic carbocycles. The molecular formula is C28H38F2N4O5Si. The molecule has 12 heteroatoms. The molecule has 0 radical (unpaired) electrons. The molecule has 1 saturated heterocycles. The molecule has 4 rings (SSSR count). The fraction of sp³-hybridized carbons (Fsp3) is 0.536. The zero-order chi connectivity index (χ0) is 29.1. The summed E-state index contributed by atoms with van der Waals surface area (Å²) in [5.41, 5.74) is 0.350. The van der Waals surface area contributed by atoms with Gasteiger partial charge >= 0.3 is 0 Å². The van der Waals surface area contributed by atoms with Gasteiger partial charge in [-0.3, -0.25) is 9.59 Å². The molecule has 3 aromatic rings. The van der Waals surface area contributed by atoms with Crippen LogP contribution in [0.1, 0.15) is 53.3 Å². The number of amides is 1. The minimum absolute atomic E-state index is 0.122. The molecule has 0 unspecified atom stereocenters. The van der Waals surface area contributed by atoms with Crippen LogP contribution in [0.2, 0.25) is 25.7 Å². The lowest BCUT2D eigenvalue weighted by molar-refractivity contribution is -0.0556. The molecule has 3 heterocycles. The van der Waals surface area contributed by atoms with E-state index >= 15 is 0 Å². The van der Waals surface area contributed by atoms with Crippen molar-refractivity contribution in [2.24, 2.45) is 0 Å². The third-order valence-electron chi connectivity index (χ3n) is 7.15. The molecule has 0 spiro atoms. The molecule has 1 aliphatic heterocycles. The predicted octanol–water partition coefficient (Wildman–Crippen LogP) is 4.44. The number of nitrogens with one attached hydrogen (secondary N) is 1. The Hall–Kier alpha value is -2.93. The molecule has 218 valence electrons. The van der Waals surface area contributed by atoms with Gasteiger partial charge < -0.3 is 24.5 Å². The van der Waals surface area contributed by atoms with E-state index in [4.69, 9.17) is 14.6 Å². The van der Waals surface area contributed by atoms with Crippen molar-refractivity contribution in [2.45, 2.75) is 70.2 Å². The van der Waals surface area contributed by atoms with E-state index in [0.29, 0.717) is 43.6 Å². The number of fused-ring (bicyclic) bond motifs is 1. The first-order chi connectivity index (χ1) is 18.9. The van der Waals surface area contributed by atoms with Gasteiger partial charge in [0, 0.05) is 51.9 Å². The van der Waals surface area contributed by atoms with E-state index < -0.39 is 32.6 Å². The molecule has 1 fully saturated rings. The minimum Gasteiger partial charge on any atom is -0.390 e. The summed E-state index contributed by atoms with van der Waals surface area (Å²) in [4.78, 5) is 27.1. The number of aromatic nitrogens is 3. The predicted molar refractivity (Wildman–Crippen MR) is 150 cm³/mol. The van der Waals surface area contributed by atoms with Gasteiger partial charge in [-0.25, -0.2) is 4.68 Å². The minimum atomic E-state index is -3.39. The van der Waals surface area contributed by atoms with Crippen molar-refractivity contribution in [3.63, 3.8) is 0 Å². The van der Waals surface area contributed by atoms with Crippen molar-refractivity contribution in [2.75, 3.05) is 26.4 Å². The van der Waals surface area contributed by atoms with Crippen molar-refractivity contribution < 1.29 is 28.2 Å². The van der Waals surface area contributed by atoms with Gasteiger partial charge in [0.05, 0.1) is 17.0 Å². The van der Waals surface area contributed by atoms with Crippen LogP contribution in [-0.2, 0) is 22.1 Å². The number of rotatable bonds is 11. The second-order valence-electron chi connectivity index (χ2n) is 11.6. The van der Waals surface area contributed by atoms with E-state index in [2.05, 4.69) is 30.1 Å². The third kappa shape index (κ3) is 7.03. The molecule has 1 aliphatic rings. The number of carbonyl (C=O) groups is 1. The first-order valence-electron chi connectivity index (χ1n) is 13.6. The van der Waals surface area contributed by atoms with Gasteiger partial charge in [0.15, 0.2) is 0 Å². The number of aliphatic hydroxyl groups is 1. The zero-order valence-corrected chi connectivity index (χ0v) is 24.5. The molecule has 1 atom stereocenters. The number of halogens is 2. The Balaban J connectivity index is 1.64. The number of ether oxygens (including phenoxy) is 2. The van der Waals surface area contributed by atoms with Crippen LogP contribution in [0.4, 0.5) is 8.78 Å². The lowest BCUT2D eigenvalue weighted by Gasteiger charge is -2.25. The normalized spacial score (nSPS) is 15.9. The summed E-state index contributed by atoms with van der Waals surface area (Å²) in [5, 5.41) is 16.8. The van der Waals surface area contributed by atoms with E-state index in [1.165, 1.54) is 22.9 Å². The van der Waals surface area contributed by atoms with E-state index in [0.717, 1.165) is 6.04 Å². The highest BCUT2D eigenvalue weighted by Gasteiger charge is 2.31. The number of benzene rings is 1. The Morgan fingerprint density at radius 2 is 2.00 bits per heavy atom. The summed E-state index contributed by atoms with van der Waals surface area (Å²) in [7, 11) is -1.27. The highest BCUT2D eigenvalue weighted by atomic mass is 28.3. The highest BCUT2D eigenvalue weighted by molar-refractivity contribution is 6.76. The largest absolute Gasteiger partial charge is 0.390 e. The summed E-state index contributed by atoms with van der Waals surface area (Å²) in [6.07, 6.45) is 4.44. The van der Waals surface area contributed by atoms with Gasteiger partial charge in [0.25, 0.3) is 17.4 Å². The first-order valence-corrected chi connectivity index (χ1v) is 17.3. The van der Waals surface area contributed by atoms with E-state index in [1.54, 1.807) is 30.0 Å². The summed E-state index contributed by atoms with van der Waals surface area (Å²) in [6, 6.07) is 5.83. The quantitative estimate of drug-likeness (QED) is 0.258. The Morgan fingerprint density at radius 3 is 2.67 bits per heavy atom. The van der Waals surface area contributed by atoms with Crippen molar-refractivity contribution in [1.29, 1.82) is 0 Å². The number of nitrogens with zero attached hydrogens (tertiary/aromatic N) is 3. The summed E-state index contributed by atoms with van der Waals surface area (Å²) in [5.74, 6) is -3.88. The number of alkyl halides is 2. The molecule has 2 aromatic heterocycles. The van der Waals surface area contributed by atoms with Crippen LogP contribution in [0, 0.1) is 0 Å². The Labute approximate surface area is 233 Å². The maximum absolute atomic E-state index is 14.1. The van der Waals surface area contributed by atoms with Gasteiger partial charge in [-0.2, -0.15) is 13.9 Å². The van der Waals surface area contributed by atoms with Crippen molar-refractivity contribution >= 4 is 24.9 Å². The fourth-order valence-electron chi connectivity index (χ4n) is 4.66. The Morgan fingerprint density at radius 1 is 1.27 bits per heavy atom. The van der Waals surface area contributed by atoms with Crippen LogP contribution < -0.4 is 10.9 Å². The number of pyridine rings is 1. The Kier molecular flexibility index (Phi) is 9.23. The zero-order valence-electron chi connectivity index (χ0n) is 23.5. The van der Waals surface area contributed by atoms with Crippen LogP contribution in [-0.4, -0.2) is 59.9 Å². The van der Waals surface area contributed by atoms with Crippen LogP contribution >= 0.6 is 0 Å². The number of carbonyl (C=O) groups excluding carboxylic acids is 1. The number of aliphatic hydroxyl groups excluding tert-OH is 1. The third-order valence-corrected chi connectivity index (χ3v) is 8.86. The molecule has 0 bridgehead atoms. The topological polar surface area (TPSA) is 108 Å². The standard InChI is InChI=1S/C28H38F2N4O5Si/c1-19(20-6-5-7-21(14-20)28(29,30)17-35)31-26(36)23-16-34(22-8-10-38-11-9-22)27(37)24-15-33(32-25(23)24)18-39-12-13-40(2,3)4/h5-7,14-16,19,22,35H,8-13,17-18H2,1-4H3,(H,31,36)/t19-/m1/s1. The average molecular weight is 577 g/mol. The monoisotopic (exact) mass is 576 g/mol. The van der Waals surface area contributed by atoms with Crippen LogP contribution in [0.15, 0.2) is 41.5 Å². The second-order valence-corrected chi connectivity index (χ2v) is 17.2. The van der Waals surface area contributed by atoms with Gasteiger partial charge in [-0.15, -0.1) is 0 Å².